The molecule has 2 aromatic heterocycles. The minimum absolute atomic E-state index is 0.0231. The summed E-state index contributed by atoms with van der Waals surface area (Å²) in [6.45, 7) is 6.39. The smallest absolute Gasteiger partial charge is 0.0941 e. The lowest BCUT2D eigenvalue weighted by Crippen LogP contribution is -1.91. The molecule has 3 heteroatoms. The summed E-state index contributed by atoms with van der Waals surface area (Å²) in [4.78, 5) is 2.62. The van der Waals surface area contributed by atoms with Crippen LogP contribution in [-0.4, -0.2) is 0 Å². The summed E-state index contributed by atoms with van der Waals surface area (Å²) in [7, 11) is 0. The van der Waals surface area contributed by atoms with E-state index in [2.05, 4.69) is 37.6 Å². The van der Waals surface area contributed by atoms with E-state index in [4.69, 9.17) is 11.6 Å². The van der Waals surface area contributed by atoms with Crippen LogP contribution in [0.3, 0.4) is 0 Å². The molecule has 1 unspecified atom stereocenters. The van der Waals surface area contributed by atoms with Crippen molar-refractivity contribution >= 4 is 34.3 Å². The molecule has 15 heavy (non-hydrogen) atoms. The van der Waals surface area contributed by atoms with Crippen molar-refractivity contribution in [1.29, 1.82) is 0 Å². The highest BCUT2D eigenvalue weighted by atomic mass is 35.5. The van der Waals surface area contributed by atoms with Crippen molar-refractivity contribution in [3.8, 4) is 0 Å². The second-order valence-corrected chi connectivity index (χ2v) is 6.24. The van der Waals surface area contributed by atoms with Gasteiger partial charge in [-0.25, -0.2) is 0 Å². The molecule has 0 amide bonds. The Bertz CT molecular complexity index is 468. The van der Waals surface area contributed by atoms with Gasteiger partial charge in [-0.05, 0) is 54.3 Å². The molecule has 0 nitrogen and oxygen atoms in total. The first kappa shape index (κ1) is 11.2. The van der Waals surface area contributed by atoms with E-state index < -0.39 is 0 Å². The van der Waals surface area contributed by atoms with Crippen LogP contribution in [0.5, 0.6) is 0 Å². The van der Waals surface area contributed by atoms with Crippen LogP contribution in [0.1, 0.15) is 31.8 Å². The van der Waals surface area contributed by atoms with Crippen LogP contribution in [0.4, 0.5) is 0 Å². The molecule has 0 aliphatic carbocycles. The number of thiophene rings is 2. The van der Waals surface area contributed by atoms with Gasteiger partial charge >= 0.3 is 0 Å². The molecular weight excluding hydrogens is 244 g/mol. The zero-order valence-corrected chi connectivity index (χ0v) is 11.4. The van der Waals surface area contributed by atoms with E-state index in [0.717, 1.165) is 0 Å². The third-order valence-electron chi connectivity index (χ3n) is 2.48. The Balaban J connectivity index is 2.40. The molecule has 0 fully saturated rings. The molecule has 2 aromatic rings. The van der Waals surface area contributed by atoms with Gasteiger partial charge < -0.3 is 0 Å². The molecule has 0 aromatic carbocycles. The van der Waals surface area contributed by atoms with Crippen LogP contribution < -0.4 is 0 Å². The van der Waals surface area contributed by atoms with Crippen molar-refractivity contribution in [2.24, 2.45) is 0 Å². The van der Waals surface area contributed by atoms with Gasteiger partial charge in [0.1, 0.15) is 0 Å². The SMILES string of the molecule is Cc1cc(C)c(C(Cl)c2cscc2C)s1. The van der Waals surface area contributed by atoms with E-state index in [1.54, 1.807) is 22.7 Å². The van der Waals surface area contributed by atoms with Crippen LogP contribution in [0.2, 0.25) is 0 Å². The largest absolute Gasteiger partial charge is 0.152 e. The molecule has 2 heterocycles. The van der Waals surface area contributed by atoms with Crippen LogP contribution in [0.15, 0.2) is 16.8 Å². The summed E-state index contributed by atoms with van der Waals surface area (Å²) in [6.07, 6.45) is 0. The third kappa shape index (κ3) is 2.12. The summed E-state index contributed by atoms with van der Waals surface area (Å²) >= 11 is 10.0. The number of hydrogen-bond donors (Lipinski definition) is 0. The summed E-state index contributed by atoms with van der Waals surface area (Å²) < 4.78 is 0. The van der Waals surface area contributed by atoms with Crippen LogP contribution in [0, 0.1) is 20.8 Å². The maximum atomic E-state index is 6.51. The summed E-state index contributed by atoms with van der Waals surface area (Å²) in [6, 6.07) is 2.21. The fourth-order valence-corrected chi connectivity index (χ4v) is 4.21. The van der Waals surface area contributed by atoms with Crippen molar-refractivity contribution < 1.29 is 0 Å². The highest BCUT2D eigenvalue weighted by Crippen LogP contribution is 2.38. The van der Waals surface area contributed by atoms with Crippen molar-refractivity contribution in [2.75, 3.05) is 0 Å². The van der Waals surface area contributed by atoms with Crippen molar-refractivity contribution in [3.63, 3.8) is 0 Å². The zero-order valence-electron chi connectivity index (χ0n) is 9.00. The lowest BCUT2D eigenvalue weighted by molar-refractivity contribution is 1.15. The second kappa shape index (κ2) is 4.28. The van der Waals surface area contributed by atoms with Crippen molar-refractivity contribution in [2.45, 2.75) is 26.1 Å². The average molecular weight is 257 g/mol. The monoisotopic (exact) mass is 256 g/mol. The van der Waals surface area contributed by atoms with E-state index >= 15 is 0 Å². The van der Waals surface area contributed by atoms with E-state index in [1.807, 2.05) is 0 Å². The molecule has 0 saturated carbocycles. The molecule has 0 bridgehead atoms. The molecule has 0 saturated heterocycles. The molecule has 80 valence electrons. The molecule has 1 atom stereocenters. The van der Waals surface area contributed by atoms with Crippen LogP contribution in [0.25, 0.3) is 0 Å². The number of alkyl halides is 1. The molecule has 0 radical (unpaired) electrons. The van der Waals surface area contributed by atoms with Gasteiger partial charge in [0, 0.05) is 9.75 Å². The lowest BCUT2D eigenvalue weighted by Gasteiger charge is -2.08. The van der Waals surface area contributed by atoms with Gasteiger partial charge in [-0.3, -0.25) is 0 Å². The number of rotatable bonds is 2. The Morgan fingerprint density at radius 2 is 1.87 bits per heavy atom. The quantitative estimate of drug-likeness (QED) is 0.659. The van der Waals surface area contributed by atoms with E-state index in [0.29, 0.717) is 0 Å². The Hall–Kier alpha value is -0.310. The Labute approximate surface area is 104 Å². The van der Waals surface area contributed by atoms with Gasteiger partial charge in [0.05, 0.1) is 5.38 Å². The number of hydrogen-bond acceptors (Lipinski definition) is 2. The minimum Gasteiger partial charge on any atom is -0.152 e. The number of halogens is 1. The highest BCUT2D eigenvalue weighted by Gasteiger charge is 2.17. The van der Waals surface area contributed by atoms with E-state index in [-0.39, 0.29) is 5.38 Å². The molecule has 2 rings (SSSR count). The first-order valence-electron chi connectivity index (χ1n) is 4.83. The molecule has 0 aliphatic heterocycles. The second-order valence-electron chi connectivity index (χ2n) is 3.78. The predicted molar refractivity (Wildman–Crippen MR) is 70.5 cm³/mol. The predicted octanol–water partition coefficient (Wildman–Crippen LogP) is 5.06. The maximum Gasteiger partial charge on any atom is 0.0941 e. The molecule has 0 spiro atoms. The van der Waals surface area contributed by atoms with Gasteiger partial charge in [0.2, 0.25) is 0 Å². The van der Waals surface area contributed by atoms with Crippen molar-refractivity contribution in [3.05, 3.63) is 43.3 Å². The highest BCUT2D eigenvalue weighted by molar-refractivity contribution is 7.12. The van der Waals surface area contributed by atoms with Gasteiger partial charge in [0.15, 0.2) is 0 Å². The molecular formula is C12H13ClS2. The fourth-order valence-electron chi connectivity index (χ4n) is 1.68. The standard InChI is InChI=1S/C12H13ClS2/c1-7-4-9(3)15-12(7)11(13)10-6-14-5-8(10)2/h4-6,11H,1-3H3. The first-order valence-corrected chi connectivity index (χ1v) is 7.03. The van der Waals surface area contributed by atoms with Crippen LogP contribution in [-0.2, 0) is 0 Å². The van der Waals surface area contributed by atoms with E-state index in [1.165, 1.54) is 26.4 Å². The van der Waals surface area contributed by atoms with E-state index in [9.17, 15) is 0 Å². The molecule has 0 aliphatic rings. The maximum absolute atomic E-state index is 6.51. The zero-order chi connectivity index (χ0) is 11.0. The lowest BCUT2D eigenvalue weighted by atomic mass is 10.1. The average Bonchev–Trinajstić information content (AvgIpc) is 2.71. The topological polar surface area (TPSA) is 0 Å². The summed E-state index contributed by atoms with van der Waals surface area (Å²) in [5.74, 6) is 0. The summed E-state index contributed by atoms with van der Waals surface area (Å²) in [5, 5.41) is 4.33. The van der Waals surface area contributed by atoms with Gasteiger partial charge in [0.25, 0.3) is 0 Å². The van der Waals surface area contributed by atoms with Gasteiger partial charge in [-0.2, -0.15) is 11.3 Å². The third-order valence-corrected chi connectivity index (χ3v) is 5.16. The normalized spacial score (nSPS) is 13.1. The Morgan fingerprint density at radius 3 is 2.33 bits per heavy atom. The number of aryl methyl sites for hydroxylation is 3. The minimum atomic E-state index is 0.0231. The van der Waals surface area contributed by atoms with Crippen molar-refractivity contribution in [1.82, 2.24) is 0 Å². The van der Waals surface area contributed by atoms with Gasteiger partial charge in [-0.1, -0.05) is 0 Å². The Morgan fingerprint density at radius 1 is 1.13 bits per heavy atom. The Kier molecular flexibility index (Phi) is 3.19. The van der Waals surface area contributed by atoms with Crippen LogP contribution >= 0.6 is 34.3 Å². The van der Waals surface area contributed by atoms with Gasteiger partial charge in [-0.15, -0.1) is 22.9 Å². The molecule has 0 N–H and O–H groups in total. The summed E-state index contributed by atoms with van der Waals surface area (Å²) in [5.41, 5.74) is 3.86. The first-order chi connectivity index (χ1) is 7.09. The fraction of sp³-hybridized carbons (Fsp3) is 0.333.